The molecule has 3 rings (SSSR count). The second-order valence-electron chi connectivity index (χ2n) is 5.13. The first kappa shape index (κ1) is 17.8. The lowest BCUT2D eigenvalue weighted by atomic mass is 10.2. The maximum atomic E-state index is 12.6. The summed E-state index contributed by atoms with van der Waals surface area (Å²) in [5.74, 6) is 1.33. The van der Waals surface area contributed by atoms with Gasteiger partial charge in [-0.3, -0.25) is 4.79 Å². The van der Waals surface area contributed by atoms with E-state index in [2.05, 4.69) is 15.5 Å². The van der Waals surface area contributed by atoms with Gasteiger partial charge < -0.3 is 9.84 Å². The average Bonchev–Trinajstić information content (AvgIpc) is 2.97. The molecule has 2 aromatic carbocycles. The number of anilines is 1. The topological polar surface area (TPSA) is 68.0 Å². The third-order valence-electron chi connectivity index (χ3n) is 3.17. The van der Waals surface area contributed by atoms with Crippen LogP contribution in [0.3, 0.4) is 0 Å². The van der Waals surface area contributed by atoms with Gasteiger partial charge in [-0.25, -0.2) is 0 Å². The van der Waals surface area contributed by atoms with Gasteiger partial charge in [-0.1, -0.05) is 40.5 Å². The highest BCUT2D eigenvalue weighted by Crippen LogP contribution is 2.27. The molecule has 5 nitrogen and oxygen atoms in total. The van der Waals surface area contributed by atoms with E-state index in [0.29, 0.717) is 38.8 Å². The molecule has 25 heavy (non-hydrogen) atoms. The molecular formula is C17H13Cl2N3O2S. The Morgan fingerprint density at radius 3 is 2.60 bits per heavy atom. The zero-order chi connectivity index (χ0) is 17.8. The van der Waals surface area contributed by atoms with Crippen LogP contribution in [0.1, 0.15) is 22.1 Å². The van der Waals surface area contributed by atoms with Crippen LogP contribution < -0.4 is 5.32 Å². The summed E-state index contributed by atoms with van der Waals surface area (Å²) in [5.41, 5.74) is 1.08. The Labute approximate surface area is 158 Å². The van der Waals surface area contributed by atoms with Gasteiger partial charge in [-0.2, -0.15) is 4.98 Å². The van der Waals surface area contributed by atoms with Crippen LogP contribution in [0.4, 0.5) is 5.69 Å². The Morgan fingerprint density at radius 1 is 1.20 bits per heavy atom. The molecule has 0 atom stereocenters. The summed E-state index contributed by atoms with van der Waals surface area (Å²) in [6.45, 7) is 1.76. The molecule has 0 saturated heterocycles. The number of hydrogen-bond acceptors (Lipinski definition) is 5. The van der Waals surface area contributed by atoms with Crippen molar-refractivity contribution in [2.24, 2.45) is 0 Å². The van der Waals surface area contributed by atoms with Crippen molar-refractivity contribution in [3.05, 3.63) is 69.8 Å². The zero-order valence-corrected chi connectivity index (χ0v) is 15.5. The minimum absolute atomic E-state index is 0.247. The number of nitrogens with one attached hydrogen (secondary N) is 1. The van der Waals surface area contributed by atoms with Crippen molar-refractivity contribution < 1.29 is 9.32 Å². The Hall–Kier alpha value is -2.02. The minimum atomic E-state index is -0.247. The second-order valence-corrected chi connectivity index (χ2v) is 7.02. The fourth-order valence-electron chi connectivity index (χ4n) is 2.14. The first-order chi connectivity index (χ1) is 12.0. The number of aryl methyl sites for hydroxylation is 1. The van der Waals surface area contributed by atoms with Crippen LogP contribution in [0.5, 0.6) is 0 Å². The van der Waals surface area contributed by atoms with Crippen molar-refractivity contribution in [3.8, 4) is 0 Å². The number of aromatic nitrogens is 2. The van der Waals surface area contributed by atoms with Crippen LogP contribution >= 0.6 is 35.0 Å². The molecular weight excluding hydrogens is 381 g/mol. The lowest BCUT2D eigenvalue weighted by Gasteiger charge is -2.10. The summed E-state index contributed by atoms with van der Waals surface area (Å²) < 4.78 is 5.10. The molecule has 0 saturated carbocycles. The molecule has 0 spiro atoms. The van der Waals surface area contributed by atoms with Gasteiger partial charge in [0.05, 0.1) is 11.3 Å². The standard InChI is InChI=1S/C17H13Cl2N3O2S/c1-10-20-16(24-22-10)9-25-15-5-3-2-4-14(15)17(23)21-13-7-11(18)6-12(19)8-13/h2-8H,9H2,1H3,(H,21,23). The number of carbonyl (C=O) groups excluding carboxylic acids is 1. The van der Waals surface area contributed by atoms with Crippen LogP contribution in [-0.4, -0.2) is 16.0 Å². The quantitative estimate of drug-likeness (QED) is 0.601. The van der Waals surface area contributed by atoms with Gasteiger partial charge in [-0.05, 0) is 37.3 Å². The zero-order valence-electron chi connectivity index (χ0n) is 13.1. The van der Waals surface area contributed by atoms with Crippen LogP contribution in [0, 0.1) is 6.92 Å². The molecule has 0 radical (unpaired) electrons. The van der Waals surface area contributed by atoms with Gasteiger partial charge >= 0.3 is 0 Å². The molecule has 0 aliphatic rings. The number of hydrogen-bond donors (Lipinski definition) is 1. The highest BCUT2D eigenvalue weighted by molar-refractivity contribution is 7.98. The molecule has 1 N–H and O–H groups in total. The Bertz CT molecular complexity index is 894. The fourth-order valence-corrected chi connectivity index (χ4v) is 3.56. The SMILES string of the molecule is Cc1noc(CSc2ccccc2C(=O)Nc2cc(Cl)cc(Cl)c2)n1. The number of thioether (sulfide) groups is 1. The van der Waals surface area contributed by atoms with Crippen molar-refractivity contribution >= 4 is 46.6 Å². The monoisotopic (exact) mass is 393 g/mol. The lowest BCUT2D eigenvalue weighted by molar-refractivity contribution is 0.102. The van der Waals surface area contributed by atoms with Gasteiger partial charge in [0.25, 0.3) is 5.91 Å². The van der Waals surface area contributed by atoms with Gasteiger partial charge in [0.1, 0.15) is 0 Å². The van der Waals surface area contributed by atoms with Crippen LogP contribution in [0.15, 0.2) is 51.9 Å². The highest BCUT2D eigenvalue weighted by atomic mass is 35.5. The molecule has 3 aromatic rings. The molecule has 1 amide bonds. The molecule has 0 fully saturated rings. The summed E-state index contributed by atoms with van der Waals surface area (Å²) in [5, 5.41) is 7.48. The largest absolute Gasteiger partial charge is 0.338 e. The number of carbonyl (C=O) groups is 1. The summed E-state index contributed by atoms with van der Waals surface area (Å²) in [7, 11) is 0. The normalized spacial score (nSPS) is 10.7. The molecule has 0 unspecified atom stereocenters. The van der Waals surface area contributed by atoms with E-state index in [4.69, 9.17) is 27.7 Å². The Balaban J connectivity index is 1.76. The number of benzene rings is 2. The van der Waals surface area contributed by atoms with Crippen molar-refractivity contribution in [2.75, 3.05) is 5.32 Å². The maximum absolute atomic E-state index is 12.6. The van der Waals surface area contributed by atoms with Gasteiger partial charge in [0.2, 0.25) is 5.89 Å². The van der Waals surface area contributed by atoms with E-state index in [-0.39, 0.29) is 5.91 Å². The number of amides is 1. The molecule has 0 aliphatic heterocycles. The summed E-state index contributed by atoms with van der Waals surface area (Å²) in [4.78, 5) is 17.6. The highest BCUT2D eigenvalue weighted by Gasteiger charge is 2.13. The predicted molar refractivity (Wildman–Crippen MR) is 99.5 cm³/mol. The maximum Gasteiger partial charge on any atom is 0.256 e. The summed E-state index contributed by atoms with van der Waals surface area (Å²) in [6, 6.07) is 12.2. The van der Waals surface area contributed by atoms with E-state index < -0.39 is 0 Å². The van der Waals surface area contributed by atoms with Gasteiger partial charge in [0, 0.05) is 20.6 Å². The smallest absolute Gasteiger partial charge is 0.256 e. The van der Waals surface area contributed by atoms with E-state index in [1.807, 2.05) is 12.1 Å². The first-order valence-electron chi connectivity index (χ1n) is 7.30. The van der Waals surface area contributed by atoms with Crippen LogP contribution in [0.25, 0.3) is 0 Å². The van der Waals surface area contributed by atoms with E-state index in [1.54, 1.807) is 37.3 Å². The minimum Gasteiger partial charge on any atom is -0.338 e. The Morgan fingerprint density at radius 2 is 1.92 bits per heavy atom. The van der Waals surface area contributed by atoms with E-state index in [9.17, 15) is 4.79 Å². The summed E-state index contributed by atoms with van der Waals surface area (Å²) >= 11 is 13.4. The first-order valence-corrected chi connectivity index (χ1v) is 9.04. The van der Waals surface area contributed by atoms with E-state index >= 15 is 0 Å². The van der Waals surface area contributed by atoms with Crippen LogP contribution in [-0.2, 0) is 5.75 Å². The Kier molecular flexibility index (Phi) is 5.63. The van der Waals surface area contributed by atoms with Crippen molar-refractivity contribution in [1.29, 1.82) is 0 Å². The van der Waals surface area contributed by atoms with E-state index in [0.717, 1.165) is 4.90 Å². The molecule has 1 aromatic heterocycles. The van der Waals surface area contributed by atoms with Gasteiger partial charge in [0.15, 0.2) is 5.82 Å². The van der Waals surface area contributed by atoms with Crippen LogP contribution in [0.2, 0.25) is 10.0 Å². The average molecular weight is 394 g/mol. The second kappa shape index (κ2) is 7.91. The van der Waals surface area contributed by atoms with Crippen molar-refractivity contribution in [3.63, 3.8) is 0 Å². The molecule has 1 heterocycles. The molecule has 0 aliphatic carbocycles. The van der Waals surface area contributed by atoms with Gasteiger partial charge in [-0.15, -0.1) is 11.8 Å². The third kappa shape index (κ3) is 4.75. The third-order valence-corrected chi connectivity index (χ3v) is 4.67. The number of rotatable bonds is 5. The lowest BCUT2D eigenvalue weighted by Crippen LogP contribution is -2.13. The number of nitrogens with zero attached hydrogens (tertiary/aromatic N) is 2. The molecule has 128 valence electrons. The summed E-state index contributed by atoms with van der Waals surface area (Å²) in [6.07, 6.45) is 0. The molecule has 8 heteroatoms. The van der Waals surface area contributed by atoms with Crippen molar-refractivity contribution in [2.45, 2.75) is 17.6 Å². The fraction of sp³-hybridized carbons (Fsp3) is 0.118. The van der Waals surface area contributed by atoms with Crippen molar-refractivity contribution in [1.82, 2.24) is 10.1 Å². The van der Waals surface area contributed by atoms with E-state index in [1.165, 1.54) is 11.8 Å². The molecule has 0 bridgehead atoms. The predicted octanol–water partition coefficient (Wildman–Crippen LogP) is 5.23. The number of halogens is 2.